The second-order valence-corrected chi connectivity index (χ2v) is 4.66. The number of furan rings is 1. The lowest BCUT2D eigenvalue weighted by Gasteiger charge is -2.30. The topological polar surface area (TPSA) is 33.4 Å². The molecule has 1 aromatic heterocycles. The van der Waals surface area contributed by atoms with Crippen LogP contribution in [0.4, 0.5) is 0 Å². The largest absolute Gasteiger partial charge is 0.472 e. The normalized spacial score (nSPS) is 17.0. The Morgan fingerprint density at radius 3 is 2.38 bits per heavy atom. The number of hydrogen-bond acceptors (Lipinski definition) is 2. The zero-order valence-electron chi connectivity index (χ0n) is 8.74. The van der Waals surface area contributed by atoms with Gasteiger partial charge in [-0.15, -0.1) is 0 Å². The molecule has 0 fully saturated rings. The van der Waals surface area contributed by atoms with Crippen LogP contribution in [0.5, 0.6) is 0 Å². The van der Waals surface area contributed by atoms with Crippen LogP contribution in [0.25, 0.3) is 0 Å². The molecule has 0 aliphatic heterocycles. The van der Waals surface area contributed by atoms with Crippen LogP contribution in [-0.2, 0) is 0 Å². The average molecular weight is 182 g/mol. The molecule has 13 heavy (non-hydrogen) atoms. The molecule has 0 spiro atoms. The van der Waals surface area contributed by atoms with Crippen LogP contribution in [0.1, 0.15) is 39.4 Å². The van der Waals surface area contributed by atoms with Crippen molar-refractivity contribution < 1.29 is 9.52 Å². The molecule has 1 N–H and O–H groups in total. The van der Waals surface area contributed by atoms with Crippen molar-refractivity contribution in [1.29, 1.82) is 0 Å². The van der Waals surface area contributed by atoms with Gasteiger partial charge in [0.15, 0.2) is 0 Å². The second-order valence-electron chi connectivity index (χ2n) is 4.66. The predicted molar refractivity (Wildman–Crippen MR) is 52.3 cm³/mol. The Labute approximate surface area is 79.6 Å². The highest BCUT2D eigenvalue weighted by atomic mass is 16.3. The first-order chi connectivity index (χ1) is 5.93. The molecule has 1 rings (SSSR count). The first kappa shape index (κ1) is 10.3. The summed E-state index contributed by atoms with van der Waals surface area (Å²) in [6.07, 6.45) is 2.76. The molecule has 0 aromatic carbocycles. The van der Waals surface area contributed by atoms with Crippen molar-refractivity contribution in [3.8, 4) is 0 Å². The lowest BCUT2D eigenvalue weighted by atomic mass is 9.77. The number of hydrogen-bond donors (Lipinski definition) is 1. The average Bonchev–Trinajstić information content (AvgIpc) is 2.51. The molecule has 2 nitrogen and oxygen atoms in total. The molecule has 0 saturated carbocycles. The Balaban J connectivity index is 2.74. The highest BCUT2D eigenvalue weighted by molar-refractivity contribution is 5.10. The van der Waals surface area contributed by atoms with E-state index in [1.165, 1.54) is 0 Å². The maximum atomic E-state index is 9.95. The summed E-state index contributed by atoms with van der Waals surface area (Å²) in [5.41, 5.74) is 0.971. The Hall–Kier alpha value is -0.760. The Bertz CT molecular complexity index is 244. The van der Waals surface area contributed by atoms with Gasteiger partial charge >= 0.3 is 0 Å². The summed E-state index contributed by atoms with van der Waals surface area (Å²) in [6, 6.07) is 1.81. The summed E-state index contributed by atoms with van der Waals surface area (Å²) in [7, 11) is 0. The fourth-order valence-electron chi connectivity index (χ4n) is 1.21. The minimum absolute atomic E-state index is 0.108. The molecule has 0 amide bonds. The third-order valence-electron chi connectivity index (χ3n) is 2.72. The molecule has 0 saturated heterocycles. The van der Waals surface area contributed by atoms with E-state index in [1.807, 2.05) is 6.07 Å². The van der Waals surface area contributed by atoms with Gasteiger partial charge in [0.1, 0.15) is 0 Å². The van der Waals surface area contributed by atoms with Crippen LogP contribution in [0.2, 0.25) is 0 Å². The van der Waals surface area contributed by atoms with Crippen molar-refractivity contribution in [2.24, 2.45) is 11.3 Å². The zero-order chi connectivity index (χ0) is 10.1. The highest BCUT2D eigenvalue weighted by Gasteiger charge is 2.28. The third-order valence-corrected chi connectivity index (χ3v) is 2.72. The molecular weight excluding hydrogens is 164 g/mol. The van der Waals surface area contributed by atoms with Crippen LogP contribution in [0, 0.1) is 11.3 Å². The molecule has 2 atom stereocenters. The van der Waals surface area contributed by atoms with Crippen LogP contribution in [-0.4, -0.2) is 5.11 Å². The Kier molecular flexibility index (Phi) is 2.81. The van der Waals surface area contributed by atoms with Gasteiger partial charge in [-0.3, -0.25) is 0 Å². The maximum absolute atomic E-state index is 9.95. The maximum Gasteiger partial charge on any atom is 0.0960 e. The highest BCUT2D eigenvalue weighted by Crippen LogP contribution is 2.35. The predicted octanol–water partition coefficient (Wildman–Crippen LogP) is 3.00. The van der Waals surface area contributed by atoms with Crippen LogP contribution in [0.15, 0.2) is 23.0 Å². The quantitative estimate of drug-likeness (QED) is 0.762. The number of aliphatic hydroxyl groups excluding tert-OH is 1. The van der Waals surface area contributed by atoms with Gasteiger partial charge in [0.05, 0.1) is 18.6 Å². The summed E-state index contributed by atoms with van der Waals surface area (Å²) in [5, 5.41) is 9.95. The van der Waals surface area contributed by atoms with Crippen LogP contribution in [0.3, 0.4) is 0 Å². The molecule has 2 heteroatoms. The van der Waals surface area contributed by atoms with Crippen molar-refractivity contribution in [3.63, 3.8) is 0 Å². The lowest BCUT2D eigenvalue weighted by Crippen LogP contribution is -2.23. The van der Waals surface area contributed by atoms with E-state index >= 15 is 0 Å². The molecule has 0 bridgehead atoms. The minimum atomic E-state index is -0.432. The summed E-state index contributed by atoms with van der Waals surface area (Å²) in [6.45, 7) is 8.43. The van der Waals surface area contributed by atoms with Gasteiger partial charge in [0.2, 0.25) is 0 Å². The van der Waals surface area contributed by atoms with E-state index in [0.29, 0.717) is 0 Å². The fraction of sp³-hybridized carbons (Fsp3) is 0.636. The molecule has 74 valence electrons. The van der Waals surface area contributed by atoms with Gasteiger partial charge in [0, 0.05) is 5.56 Å². The van der Waals surface area contributed by atoms with Crippen molar-refractivity contribution in [1.82, 2.24) is 0 Å². The number of aliphatic hydroxyl groups is 1. The smallest absolute Gasteiger partial charge is 0.0960 e. The Morgan fingerprint density at radius 1 is 1.38 bits per heavy atom. The van der Waals surface area contributed by atoms with Gasteiger partial charge in [-0.25, -0.2) is 0 Å². The lowest BCUT2D eigenvalue weighted by molar-refractivity contribution is 0.0531. The van der Waals surface area contributed by atoms with E-state index in [0.717, 1.165) is 5.56 Å². The van der Waals surface area contributed by atoms with E-state index in [9.17, 15) is 5.11 Å². The van der Waals surface area contributed by atoms with E-state index in [-0.39, 0.29) is 11.3 Å². The van der Waals surface area contributed by atoms with Crippen LogP contribution < -0.4 is 0 Å². The van der Waals surface area contributed by atoms with Crippen molar-refractivity contribution in [2.45, 2.75) is 33.8 Å². The SMILES string of the molecule is CC(C(O)c1ccoc1)C(C)(C)C. The molecule has 1 heterocycles. The summed E-state index contributed by atoms with van der Waals surface area (Å²) >= 11 is 0. The summed E-state index contributed by atoms with van der Waals surface area (Å²) < 4.78 is 4.94. The van der Waals surface area contributed by atoms with Crippen molar-refractivity contribution >= 4 is 0 Å². The first-order valence-electron chi connectivity index (χ1n) is 4.63. The summed E-state index contributed by atoms with van der Waals surface area (Å²) in [4.78, 5) is 0. The zero-order valence-corrected chi connectivity index (χ0v) is 8.74. The molecule has 0 aliphatic carbocycles. The van der Waals surface area contributed by atoms with E-state index < -0.39 is 6.10 Å². The fourth-order valence-corrected chi connectivity index (χ4v) is 1.21. The van der Waals surface area contributed by atoms with E-state index in [2.05, 4.69) is 27.7 Å². The van der Waals surface area contributed by atoms with Crippen molar-refractivity contribution in [2.75, 3.05) is 0 Å². The van der Waals surface area contributed by atoms with E-state index in [4.69, 9.17) is 4.42 Å². The number of rotatable bonds is 2. The van der Waals surface area contributed by atoms with Gasteiger partial charge in [-0.2, -0.15) is 0 Å². The molecule has 0 aliphatic rings. The molecular formula is C11H18O2. The second kappa shape index (κ2) is 3.54. The van der Waals surface area contributed by atoms with Gasteiger partial charge in [-0.05, 0) is 17.4 Å². The van der Waals surface area contributed by atoms with Crippen LogP contribution >= 0.6 is 0 Å². The standard InChI is InChI=1S/C11H18O2/c1-8(11(2,3)4)10(12)9-5-6-13-7-9/h5-8,10,12H,1-4H3. The van der Waals surface area contributed by atoms with Gasteiger partial charge in [0.25, 0.3) is 0 Å². The molecule has 1 aromatic rings. The summed E-state index contributed by atoms with van der Waals surface area (Å²) in [5.74, 6) is 0.213. The minimum Gasteiger partial charge on any atom is -0.472 e. The first-order valence-corrected chi connectivity index (χ1v) is 4.63. The van der Waals surface area contributed by atoms with Gasteiger partial charge in [-0.1, -0.05) is 27.7 Å². The van der Waals surface area contributed by atoms with Gasteiger partial charge < -0.3 is 9.52 Å². The van der Waals surface area contributed by atoms with Crippen molar-refractivity contribution in [3.05, 3.63) is 24.2 Å². The third kappa shape index (κ3) is 2.34. The monoisotopic (exact) mass is 182 g/mol. The Morgan fingerprint density at radius 2 is 2.00 bits per heavy atom. The van der Waals surface area contributed by atoms with E-state index in [1.54, 1.807) is 12.5 Å². The molecule has 2 unspecified atom stereocenters. The molecule has 0 radical (unpaired) electrons.